The average molecular weight is 359 g/mol. The highest BCUT2D eigenvalue weighted by molar-refractivity contribution is 6.04. The molecule has 0 aliphatic rings. The van der Waals surface area contributed by atoms with Crippen LogP contribution in [0.15, 0.2) is 42.5 Å². The van der Waals surface area contributed by atoms with Crippen molar-refractivity contribution in [3.63, 3.8) is 0 Å². The standard InChI is InChI=1S/C20H22FNO4/c1-13-5-7-14(8-6-13)22-18(23)16-10-9-15(11-17(16)21)25-12-26-19(24)20(2,3)4/h5-11H,12H2,1-4H3,(H,22,23). The third kappa shape index (κ3) is 5.31. The lowest BCUT2D eigenvalue weighted by molar-refractivity contribution is -0.159. The van der Waals surface area contributed by atoms with Crippen molar-refractivity contribution < 1.29 is 23.5 Å². The highest BCUT2D eigenvalue weighted by Crippen LogP contribution is 2.20. The van der Waals surface area contributed by atoms with Crippen LogP contribution in [0.3, 0.4) is 0 Å². The zero-order valence-electron chi connectivity index (χ0n) is 15.3. The number of halogens is 1. The first kappa shape index (κ1) is 19.4. The maximum absolute atomic E-state index is 14.2. The van der Waals surface area contributed by atoms with Crippen LogP contribution in [-0.4, -0.2) is 18.7 Å². The van der Waals surface area contributed by atoms with Gasteiger partial charge in [-0.2, -0.15) is 0 Å². The van der Waals surface area contributed by atoms with Gasteiger partial charge in [0.2, 0.25) is 6.79 Å². The largest absolute Gasteiger partial charge is 0.457 e. The fourth-order valence-corrected chi connectivity index (χ4v) is 1.97. The number of ether oxygens (including phenoxy) is 2. The lowest BCUT2D eigenvalue weighted by Crippen LogP contribution is -2.24. The second-order valence-corrected chi connectivity index (χ2v) is 6.91. The number of hydrogen-bond donors (Lipinski definition) is 1. The summed E-state index contributed by atoms with van der Waals surface area (Å²) in [4.78, 5) is 23.8. The quantitative estimate of drug-likeness (QED) is 0.638. The van der Waals surface area contributed by atoms with Crippen molar-refractivity contribution in [1.82, 2.24) is 0 Å². The summed E-state index contributed by atoms with van der Waals surface area (Å²) in [7, 11) is 0. The van der Waals surface area contributed by atoms with Crippen LogP contribution in [0.1, 0.15) is 36.7 Å². The molecule has 0 saturated heterocycles. The number of benzene rings is 2. The van der Waals surface area contributed by atoms with E-state index >= 15 is 0 Å². The molecule has 0 aromatic heterocycles. The van der Waals surface area contributed by atoms with Crippen LogP contribution >= 0.6 is 0 Å². The van der Waals surface area contributed by atoms with Gasteiger partial charge in [-0.1, -0.05) is 17.7 Å². The van der Waals surface area contributed by atoms with Crippen LogP contribution in [-0.2, 0) is 9.53 Å². The molecule has 0 heterocycles. The van der Waals surface area contributed by atoms with Crippen LogP contribution in [0.2, 0.25) is 0 Å². The summed E-state index contributed by atoms with van der Waals surface area (Å²) >= 11 is 0. The molecule has 0 fully saturated rings. The Morgan fingerprint density at radius 1 is 1.08 bits per heavy atom. The Morgan fingerprint density at radius 3 is 2.31 bits per heavy atom. The van der Waals surface area contributed by atoms with E-state index in [4.69, 9.17) is 9.47 Å². The third-order valence-corrected chi connectivity index (χ3v) is 3.52. The van der Waals surface area contributed by atoms with Crippen LogP contribution in [0.5, 0.6) is 5.75 Å². The number of amides is 1. The Hall–Kier alpha value is -2.89. The second kappa shape index (κ2) is 7.99. The summed E-state index contributed by atoms with van der Waals surface area (Å²) < 4.78 is 24.4. The molecule has 0 bridgehead atoms. The highest BCUT2D eigenvalue weighted by Gasteiger charge is 2.23. The van der Waals surface area contributed by atoms with Gasteiger partial charge in [-0.25, -0.2) is 4.39 Å². The van der Waals surface area contributed by atoms with Crippen LogP contribution in [0, 0.1) is 18.2 Å². The fourth-order valence-electron chi connectivity index (χ4n) is 1.97. The van der Waals surface area contributed by atoms with Gasteiger partial charge in [0, 0.05) is 11.8 Å². The van der Waals surface area contributed by atoms with Crippen molar-refractivity contribution in [3.8, 4) is 5.75 Å². The van der Waals surface area contributed by atoms with Gasteiger partial charge >= 0.3 is 5.97 Å². The van der Waals surface area contributed by atoms with Gasteiger partial charge in [-0.05, 0) is 52.0 Å². The molecule has 2 rings (SSSR count). The molecule has 2 aromatic carbocycles. The molecular weight excluding hydrogens is 337 g/mol. The smallest absolute Gasteiger partial charge is 0.314 e. The molecule has 5 nitrogen and oxygen atoms in total. The van der Waals surface area contributed by atoms with E-state index in [9.17, 15) is 14.0 Å². The molecule has 6 heteroatoms. The monoisotopic (exact) mass is 359 g/mol. The molecule has 138 valence electrons. The zero-order chi connectivity index (χ0) is 19.3. The normalized spacial score (nSPS) is 11.0. The average Bonchev–Trinajstić information content (AvgIpc) is 2.56. The first-order chi connectivity index (χ1) is 12.2. The first-order valence-electron chi connectivity index (χ1n) is 8.14. The summed E-state index contributed by atoms with van der Waals surface area (Å²) in [6.45, 7) is 6.76. The lowest BCUT2D eigenvalue weighted by Gasteiger charge is -2.16. The van der Waals surface area contributed by atoms with E-state index < -0.39 is 23.1 Å². The number of nitrogens with one attached hydrogen (secondary N) is 1. The molecule has 0 spiro atoms. The molecule has 0 radical (unpaired) electrons. The van der Waals surface area contributed by atoms with E-state index in [-0.39, 0.29) is 18.1 Å². The summed E-state index contributed by atoms with van der Waals surface area (Å²) in [5.74, 6) is -1.55. The number of esters is 1. The Balaban J connectivity index is 1.97. The van der Waals surface area contributed by atoms with Gasteiger partial charge in [0.05, 0.1) is 11.0 Å². The van der Waals surface area contributed by atoms with E-state index in [2.05, 4.69) is 5.32 Å². The second-order valence-electron chi connectivity index (χ2n) is 6.91. The van der Waals surface area contributed by atoms with Crippen molar-refractivity contribution in [2.24, 2.45) is 5.41 Å². The van der Waals surface area contributed by atoms with Crippen molar-refractivity contribution in [1.29, 1.82) is 0 Å². The summed E-state index contributed by atoms with van der Waals surface area (Å²) in [5, 5.41) is 2.63. The molecule has 0 aliphatic carbocycles. The lowest BCUT2D eigenvalue weighted by atomic mass is 9.98. The molecule has 2 aromatic rings. The zero-order valence-corrected chi connectivity index (χ0v) is 15.3. The number of carbonyl (C=O) groups excluding carboxylic acids is 2. The van der Waals surface area contributed by atoms with Crippen molar-refractivity contribution in [3.05, 3.63) is 59.4 Å². The first-order valence-corrected chi connectivity index (χ1v) is 8.14. The number of anilines is 1. The number of aryl methyl sites for hydroxylation is 1. The Morgan fingerprint density at radius 2 is 1.73 bits per heavy atom. The summed E-state index contributed by atoms with van der Waals surface area (Å²) in [6, 6.07) is 11.0. The van der Waals surface area contributed by atoms with Gasteiger partial charge in [0.25, 0.3) is 5.91 Å². The summed E-state index contributed by atoms with van der Waals surface area (Å²) in [5.41, 5.74) is 0.883. The predicted molar refractivity (Wildman–Crippen MR) is 96.6 cm³/mol. The van der Waals surface area contributed by atoms with Crippen molar-refractivity contribution >= 4 is 17.6 Å². The topological polar surface area (TPSA) is 64.6 Å². The number of carbonyl (C=O) groups is 2. The Bertz CT molecular complexity index is 794. The summed E-state index contributed by atoms with van der Waals surface area (Å²) in [6.07, 6.45) is 0. The minimum atomic E-state index is -0.728. The third-order valence-electron chi connectivity index (χ3n) is 3.52. The highest BCUT2D eigenvalue weighted by atomic mass is 19.1. The molecule has 1 amide bonds. The molecule has 0 unspecified atom stereocenters. The molecular formula is C20H22FNO4. The van der Waals surface area contributed by atoms with Crippen LogP contribution in [0.4, 0.5) is 10.1 Å². The molecule has 0 saturated carbocycles. The van der Waals surface area contributed by atoms with Gasteiger partial charge in [-0.3, -0.25) is 9.59 Å². The predicted octanol–water partition coefficient (Wildman–Crippen LogP) is 4.31. The molecule has 0 aliphatic heterocycles. The number of hydrogen-bond acceptors (Lipinski definition) is 4. The van der Waals surface area contributed by atoms with Gasteiger partial charge in [-0.15, -0.1) is 0 Å². The Kier molecular flexibility index (Phi) is 5.97. The minimum absolute atomic E-state index is 0.107. The van der Waals surface area contributed by atoms with E-state index in [1.807, 2.05) is 19.1 Å². The Labute approximate surface area is 152 Å². The number of rotatable bonds is 5. The fraction of sp³-hybridized carbons (Fsp3) is 0.300. The maximum Gasteiger partial charge on any atom is 0.314 e. The van der Waals surface area contributed by atoms with Gasteiger partial charge in [0.15, 0.2) is 0 Å². The molecule has 0 atom stereocenters. The van der Waals surface area contributed by atoms with Gasteiger partial charge < -0.3 is 14.8 Å². The van der Waals surface area contributed by atoms with Gasteiger partial charge in [0.1, 0.15) is 11.6 Å². The van der Waals surface area contributed by atoms with E-state index in [0.717, 1.165) is 11.6 Å². The van der Waals surface area contributed by atoms with Crippen molar-refractivity contribution in [2.45, 2.75) is 27.7 Å². The van der Waals surface area contributed by atoms with E-state index in [1.165, 1.54) is 12.1 Å². The molecule has 1 N–H and O–H groups in total. The SMILES string of the molecule is Cc1ccc(NC(=O)c2ccc(OCOC(=O)C(C)(C)C)cc2F)cc1. The van der Waals surface area contributed by atoms with E-state index in [1.54, 1.807) is 32.9 Å². The maximum atomic E-state index is 14.2. The van der Waals surface area contributed by atoms with E-state index in [0.29, 0.717) is 5.69 Å². The van der Waals surface area contributed by atoms with Crippen LogP contribution < -0.4 is 10.1 Å². The van der Waals surface area contributed by atoms with Crippen molar-refractivity contribution in [2.75, 3.05) is 12.1 Å². The minimum Gasteiger partial charge on any atom is -0.457 e. The van der Waals surface area contributed by atoms with Crippen LogP contribution in [0.25, 0.3) is 0 Å². The molecule has 26 heavy (non-hydrogen) atoms.